The van der Waals surface area contributed by atoms with E-state index in [-0.39, 0.29) is 146 Å². The maximum atomic E-state index is 13.5. The smallest absolute Gasteiger partial charge is 0.871 e. The van der Waals surface area contributed by atoms with Crippen molar-refractivity contribution < 1.29 is 151 Å². The molecular formula is C30H26ClN7Na3O14PS3. The number of nitrogens with one attached hydrogen (secondary N) is 1. The zero-order chi connectivity index (χ0) is 41.2. The predicted octanol–water partition coefficient (Wildman–Crippen LogP) is -5.68. The van der Waals surface area contributed by atoms with Crippen LogP contribution in [0.3, 0.4) is 0 Å². The van der Waals surface area contributed by atoms with Crippen LogP contribution in [0.4, 0.5) is 34.6 Å². The van der Waals surface area contributed by atoms with Crippen LogP contribution in [0.1, 0.15) is 6.92 Å². The van der Waals surface area contributed by atoms with Crippen LogP contribution in [0.5, 0.6) is 11.5 Å². The van der Waals surface area contributed by atoms with Crippen molar-refractivity contribution in [1.29, 1.82) is 0 Å². The Kier molecular flexibility index (Phi) is 19.4. The molecule has 0 radical (unpaired) electrons. The number of aromatic nitrogens is 3. The first kappa shape index (κ1) is 53.3. The average molecular weight is 940 g/mol. The molecule has 298 valence electrons. The van der Waals surface area contributed by atoms with Crippen molar-refractivity contribution in [2.24, 2.45) is 10.2 Å². The van der Waals surface area contributed by atoms with Gasteiger partial charge in [0, 0.05) is 36.8 Å². The normalized spacial score (nSPS) is 12.8. The Morgan fingerprint density at radius 1 is 0.915 bits per heavy atom. The fourth-order valence-electron chi connectivity index (χ4n) is 5.06. The second-order valence-electron chi connectivity index (χ2n) is 11.2. The standard InChI is InChI=1S/C30H29ClN7O14PS3.3Na/c1-3-38(19-5-4-6-21(15-19)53(40,41)12-11-52-56(48,49)50)30-34-28(31)33-29(35-30)32-18-7-9-22-17(13-18)14-25(55(45,46)47)26(27(22)39)37-36-23-10-8-20(51-2)16-24(23)54(42,43)44;;;/h4-10,13-16,39H,3,11-12H2,1-2H3,(H,40,41)(H,42,43,44)(H,45,46,47)(H,48,49,50)(H,32,33,34,35);;;/q;3*+1/p-3. The molecule has 29 heteroatoms. The number of nitrogens with zero attached hydrogens (tertiary/aromatic N) is 6. The Hall–Kier alpha value is -1.88. The summed E-state index contributed by atoms with van der Waals surface area (Å²) in [5.74, 6) is -1.26. The largest absolute Gasteiger partial charge is 1.00 e. The molecule has 1 atom stereocenters. The minimum atomic E-state index is -5.15. The molecule has 0 fully saturated rings. The molecule has 1 aromatic heterocycles. The van der Waals surface area contributed by atoms with Gasteiger partial charge in [-0.05, 0) is 77.8 Å². The molecule has 59 heavy (non-hydrogen) atoms. The van der Waals surface area contributed by atoms with E-state index in [0.717, 1.165) is 18.2 Å². The van der Waals surface area contributed by atoms with Crippen LogP contribution in [0.25, 0.3) is 10.8 Å². The summed E-state index contributed by atoms with van der Waals surface area (Å²) in [5.41, 5.74) is -0.973. The van der Waals surface area contributed by atoms with E-state index in [2.05, 4.69) is 34.7 Å². The Labute approximate surface area is 408 Å². The summed E-state index contributed by atoms with van der Waals surface area (Å²) in [6, 6.07) is 13.5. The van der Waals surface area contributed by atoms with Crippen LogP contribution >= 0.6 is 19.0 Å². The topological polar surface area (TPSA) is 326 Å². The van der Waals surface area contributed by atoms with Gasteiger partial charge in [0.2, 0.25) is 17.2 Å². The fraction of sp³-hybridized carbons (Fsp3) is 0.167. The van der Waals surface area contributed by atoms with Gasteiger partial charge in [0.15, 0.2) is 0 Å². The summed E-state index contributed by atoms with van der Waals surface area (Å²) in [6.07, 6.45) is -0.746. The van der Waals surface area contributed by atoms with Crippen molar-refractivity contribution >= 4 is 100 Å². The molecule has 4 aromatic carbocycles. The monoisotopic (exact) mass is 939 g/mol. The average Bonchev–Trinajstić information content (AvgIpc) is 3.10. The molecule has 0 amide bonds. The third-order valence-corrected chi connectivity index (χ3v) is 11.8. The number of hydrogen-bond acceptors (Lipinski definition) is 19. The van der Waals surface area contributed by atoms with Crippen molar-refractivity contribution in [3.63, 3.8) is 0 Å². The number of methoxy groups -OCH3 is 1. The van der Waals surface area contributed by atoms with E-state index in [4.69, 9.17) is 20.9 Å². The molecule has 0 aliphatic carbocycles. The molecule has 5 aromatic rings. The molecule has 0 bridgehead atoms. The summed E-state index contributed by atoms with van der Waals surface area (Å²) in [6.45, 7) is 1.04. The minimum absolute atomic E-state index is 0. The maximum Gasteiger partial charge on any atom is 1.00 e. The van der Waals surface area contributed by atoms with Crippen LogP contribution < -0.4 is 119 Å². The number of ether oxygens (including phenoxy) is 1. The number of anilines is 4. The quantitative estimate of drug-likeness (QED) is 0.0381. The van der Waals surface area contributed by atoms with Crippen LogP contribution in [0, 0.1) is 0 Å². The third-order valence-electron chi connectivity index (χ3n) is 7.57. The van der Waals surface area contributed by atoms with E-state index in [0.29, 0.717) is 0 Å². The van der Waals surface area contributed by atoms with Crippen molar-refractivity contribution in [3.05, 3.63) is 72.0 Å². The van der Waals surface area contributed by atoms with Crippen LogP contribution in [0.15, 0.2) is 86.7 Å². The molecule has 5 rings (SSSR count). The van der Waals surface area contributed by atoms with Gasteiger partial charge < -0.3 is 34.1 Å². The number of rotatable bonds is 15. The molecule has 0 saturated heterocycles. The molecule has 0 aliphatic heterocycles. The Bertz CT molecular complexity index is 2780. The molecule has 0 saturated carbocycles. The van der Waals surface area contributed by atoms with Crippen LogP contribution in [0.2, 0.25) is 5.28 Å². The van der Waals surface area contributed by atoms with E-state index in [1.54, 1.807) is 13.0 Å². The molecule has 21 nitrogen and oxygen atoms in total. The van der Waals surface area contributed by atoms with Gasteiger partial charge in [0.1, 0.15) is 26.5 Å². The summed E-state index contributed by atoms with van der Waals surface area (Å²) < 4.78 is 123. The van der Waals surface area contributed by atoms with Crippen molar-refractivity contribution in [2.75, 3.05) is 36.6 Å². The van der Waals surface area contributed by atoms with Crippen LogP contribution in [-0.2, 0) is 39.4 Å². The summed E-state index contributed by atoms with van der Waals surface area (Å²) in [5, 5.41) is 22.9. The van der Waals surface area contributed by atoms with Gasteiger partial charge in [-0.25, -0.2) is 12.6 Å². The minimum Gasteiger partial charge on any atom is -0.871 e. The van der Waals surface area contributed by atoms with Crippen molar-refractivity contribution in [1.82, 2.24) is 15.0 Å². The van der Waals surface area contributed by atoms with Gasteiger partial charge in [-0.15, -0.1) is 10.2 Å². The fourth-order valence-corrected chi connectivity index (χ4v) is 8.15. The van der Waals surface area contributed by atoms with Crippen LogP contribution in [-0.4, -0.2) is 80.3 Å². The second-order valence-corrected chi connectivity index (χ2v) is 17.7. The first-order valence-corrected chi connectivity index (χ1v) is 21.8. The summed E-state index contributed by atoms with van der Waals surface area (Å²) in [7, 11) is -18.4. The molecule has 0 aliphatic rings. The van der Waals surface area contributed by atoms with E-state index in [1.165, 1.54) is 54.5 Å². The number of benzene rings is 4. The van der Waals surface area contributed by atoms with Gasteiger partial charge in [-0.2, -0.15) is 31.8 Å². The number of halogens is 1. The van der Waals surface area contributed by atoms with Gasteiger partial charge in [0.25, 0.3) is 10.1 Å². The van der Waals surface area contributed by atoms with E-state index >= 15 is 0 Å². The van der Waals surface area contributed by atoms with Crippen molar-refractivity contribution in [2.45, 2.75) is 16.7 Å². The zero-order valence-electron chi connectivity index (χ0n) is 31.5. The maximum absolute atomic E-state index is 13.5. The Morgan fingerprint density at radius 3 is 2.22 bits per heavy atom. The Morgan fingerprint density at radius 2 is 1.61 bits per heavy atom. The Balaban J connectivity index is 0.00000400. The molecule has 0 spiro atoms. The first-order chi connectivity index (χ1) is 26.1. The van der Waals surface area contributed by atoms with Gasteiger partial charge in [-0.1, -0.05) is 23.9 Å². The van der Waals surface area contributed by atoms with Gasteiger partial charge >= 0.3 is 99.1 Å². The number of fused-ring (bicyclic) bond motifs is 1. The van der Waals surface area contributed by atoms with E-state index in [1.807, 2.05) is 0 Å². The van der Waals surface area contributed by atoms with Gasteiger partial charge in [-0.3, -0.25) is 9.11 Å². The summed E-state index contributed by atoms with van der Waals surface area (Å²) in [4.78, 5) is 25.0. The van der Waals surface area contributed by atoms with Crippen molar-refractivity contribution in [3.8, 4) is 11.5 Å². The van der Waals surface area contributed by atoms with E-state index < -0.39 is 77.7 Å². The summed E-state index contributed by atoms with van der Waals surface area (Å²) >= 11 is 6.21. The molecule has 1 heterocycles. The number of azo groups is 1. The SMILES string of the molecule is CCN(c1cccc(P(=O)([O-])CCOS(=O)(=O)O)c1)c1nc(Cl)nc(Nc2ccc3c([O-])c(N=Nc4ccc(OC)cc4S(=O)(=O)[O-])c(S(=O)(=O)O)cc3c2)n1.[Na+].[Na+].[Na+]. The predicted molar refractivity (Wildman–Crippen MR) is 195 cm³/mol. The van der Waals surface area contributed by atoms with Gasteiger partial charge in [0.05, 0.1) is 24.3 Å². The zero-order valence-corrected chi connectivity index (χ0v) is 41.6. The molecular weight excluding hydrogens is 914 g/mol. The second kappa shape index (κ2) is 21.5. The third kappa shape index (κ3) is 13.8. The first-order valence-electron chi connectivity index (χ1n) is 15.4. The molecule has 1 unspecified atom stereocenters. The molecule has 3 N–H and O–H groups in total. The van der Waals surface area contributed by atoms with E-state index in [9.17, 15) is 48.9 Å². The number of hydrogen-bond donors (Lipinski definition) is 3.